The molecular formula is C36H62F6O8S6. The van der Waals surface area contributed by atoms with Crippen molar-refractivity contribution in [1.29, 1.82) is 0 Å². The van der Waals surface area contributed by atoms with Crippen LogP contribution in [0.3, 0.4) is 0 Å². The van der Waals surface area contributed by atoms with E-state index < -0.39 is 37.2 Å². The standard InChI is InChI=1S/C17H29S2.C14H24O2.C3H8S2.2CHF3O3S/c1-2-4-13-5-6-15-12-16(8-7-14(15)11-13)17-18-9-3-10-19-17;1-2-3-10-4-5-12-9-13(14(15)16)7-6-11(12)8-10;4-2-1-3-5;2*2-1(3,4)8(5,6)7/h13-16H,2-12H2,1H3;10-13H,2-9H2,1H3,(H,15,16);4-5H,1-3H2;2*(H,5,6,7)/q+1;;;;/p-1. The molecule has 0 aromatic rings. The van der Waals surface area contributed by atoms with Gasteiger partial charge in [0.25, 0.3) is 0 Å². The first kappa shape index (κ1) is 54.0. The van der Waals surface area contributed by atoms with E-state index in [-0.39, 0.29) is 5.92 Å². The Morgan fingerprint density at radius 1 is 0.768 bits per heavy atom. The van der Waals surface area contributed by atoms with Gasteiger partial charge in [0.1, 0.15) is 0 Å². The molecule has 4 fully saturated rings. The molecule has 1 aliphatic heterocycles. The summed E-state index contributed by atoms with van der Waals surface area (Å²) in [5.41, 5.74) is -11.2. The molecule has 2 N–H and O–H groups in total. The fourth-order valence-corrected chi connectivity index (χ4v) is 12.0. The molecule has 4 saturated carbocycles. The van der Waals surface area contributed by atoms with Crippen molar-refractivity contribution in [3.8, 4) is 0 Å². The van der Waals surface area contributed by atoms with Gasteiger partial charge in [0.05, 0.1) is 5.92 Å². The van der Waals surface area contributed by atoms with Crippen molar-refractivity contribution >= 4 is 78.8 Å². The highest BCUT2D eigenvalue weighted by Gasteiger charge is 2.44. The lowest BCUT2D eigenvalue weighted by atomic mass is 9.64. The highest BCUT2D eigenvalue weighted by atomic mass is 32.2. The van der Waals surface area contributed by atoms with Crippen LogP contribution in [0.25, 0.3) is 0 Å². The number of halogens is 6. The van der Waals surface area contributed by atoms with Crippen LogP contribution in [-0.2, 0) is 36.4 Å². The second kappa shape index (κ2) is 26.4. The second-order valence-corrected chi connectivity index (χ2v) is 21.5. The van der Waals surface area contributed by atoms with Gasteiger partial charge in [-0.05, 0) is 118 Å². The number of thioether (sulfide) groups is 1. The van der Waals surface area contributed by atoms with E-state index in [0.717, 1.165) is 72.2 Å². The van der Waals surface area contributed by atoms with Gasteiger partial charge in [-0.25, -0.2) is 8.42 Å². The van der Waals surface area contributed by atoms with Crippen molar-refractivity contribution in [2.75, 3.05) is 23.0 Å². The number of carbonyl (C=O) groups is 1. The van der Waals surface area contributed by atoms with Gasteiger partial charge in [0, 0.05) is 18.1 Å². The Morgan fingerprint density at radius 3 is 1.55 bits per heavy atom. The zero-order valence-electron chi connectivity index (χ0n) is 32.3. The second-order valence-electron chi connectivity index (χ2n) is 15.3. The van der Waals surface area contributed by atoms with Gasteiger partial charge in [0.2, 0.25) is 4.20 Å². The summed E-state index contributed by atoms with van der Waals surface area (Å²) in [6.07, 6.45) is 24.4. The van der Waals surface area contributed by atoms with E-state index in [9.17, 15) is 31.1 Å². The molecule has 4 aliphatic carbocycles. The first-order valence-electron chi connectivity index (χ1n) is 19.6. The normalized spacial score (nSPS) is 29.3. The first-order chi connectivity index (χ1) is 26.0. The van der Waals surface area contributed by atoms with Crippen LogP contribution < -0.4 is 0 Å². The summed E-state index contributed by atoms with van der Waals surface area (Å²) in [5, 5.41) is 9.06. The molecule has 0 bridgehead atoms. The number of rotatable bonds is 8. The summed E-state index contributed by atoms with van der Waals surface area (Å²) in [6.45, 7) is 4.63. The van der Waals surface area contributed by atoms with Crippen LogP contribution in [0, 0.1) is 47.3 Å². The Bertz CT molecular complexity index is 1340. The first-order valence-corrected chi connectivity index (χ1v) is 25.7. The lowest BCUT2D eigenvalue weighted by molar-refractivity contribution is -0.144. The number of hydrogen-bond acceptors (Lipinski definition) is 9. The molecule has 0 spiro atoms. The van der Waals surface area contributed by atoms with Crippen LogP contribution in [0.15, 0.2) is 0 Å². The molecule has 0 aromatic carbocycles. The molecule has 56 heavy (non-hydrogen) atoms. The SMILES string of the molecule is CCCC1CCC2CC(C(=O)O)CCC2C1.CCCC1CCC2CC(C3=[S+]CCCS3)CCC2C1.O=S(=O)(O)C(F)(F)F.O=S(=O)([O-])C(F)(F)F.SCCCS. The lowest BCUT2D eigenvalue weighted by Gasteiger charge is -2.41. The quantitative estimate of drug-likeness (QED) is 0.0466. The molecule has 5 rings (SSSR count). The molecule has 0 amide bonds. The fourth-order valence-electron chi connectivity index (χ4n) is 8.50. The maximum absolute atomic E-state index is 11.0. The molecule has 5 aliphatic rings. The molecule has 8 unspecified atom stereocenters. The molecule has 8 nitrogen and oxygen atoms in total. The van der Waals surface area contributed by atoms with Crippen molar-refractivity contribution in [2.45, 2.75) is 140 Å². The van der Waals surface area contributed by atoms with Crippen LogP contribution in [-0.4, -0.2) is 75.2 Å². The predicted molar refractivity (Wildman–Crippen MR) is 221 cm³/mol. The third-order valence-electron chi connectivity index (χ3n) is 11.2. The molecule has 0 radical (unpaired) electrons. The number of aliphatic carboxylic acids is 1. The van der Waals surface area contributed by atoms with E-state index in [4.69, 9.17) is 31.0 Å². The minimum Gasteiger partial charge on any atom is -0.741 e. The van der Waals surface area contributed by atoms with E-state index >= 15 is 0 Å². The van der Waals surface area contributed by atoms with Crippen LogP contribution in [0.5, 0.6) is 0 Å². The van der Waals surface area contributed by atoms with Crippen molar-refractivity contribution in [1.82, 2.24) is 0 Å². The fraction of sp³-hybridized carbons (Fsp3) is 0.944. The van der Waals surface area contributed by atoms with Crippen LogP contribution >= 0.6 is 37.0 Å². The Balaban J connectivity index is 0.000000382. The average Bonchev–Trinajstić information content (AvgIpc) is 3.11. The van der Waals surface area contributed by atoms with Crippen LogP contribution in [0.2, 0.25) is 0 Å². The summed E-state index contributed by atoms with van der Waals surface area (Å²) in [5.74, 6) is 10.9. The molecule has 8 atom stereocenters. The van der Waals surface area contributed by atoms with E-state index in [1.165, 1.54) is 82.1 Å². The van der Waals surface area contributed by atoms with E-state index in [1.807, 2.05) is 4.20 Å². The minimum atomic E-state index is -6.09. The maximum Gasteiger partial charge on any atom is 0.522 e. The van der Waals surface area contributed by atoms with Gasteiger partial charge in [-0.15, -0.1) is 0 Å². The Hall–Kier alpha value is 0.01000. The van der Waals surface area contributed by atoms with E-state index in [0.29, 0.717) is 0 Å². The molecule has 1 heterocycles. The lowest BCUT2D eigenvalue weighted by Crippen LogP contribution is -2.33. The molecule has 0 saturated heterocycles. The molecule has 0 aromatic heterocycles. The zero-order valence-corrected chi connectivity index (χ0v) is 37.4. The topological polar surface area (TPSA) is 149 Å². The summed E-state index contributed by atoms with van der Waals surface area (Å²) in [4.78, 5) is 11.0. The third kappa shape index (κ3) is 20.5. The molecule has 332 valence electrons. The van der Waals surface area contributed by atoms with Gasteiger partial charge in [-0.2, -0.15) is 60.0 Å². The smallest absolute Gasteiger partial charge is 0.522 e. The molecular weight excluding hydrogens is 867 g/mol. The number of carboxylic acids is 1. The van der Waals surface area contributed by atoms with Crippen molar-refractivity contribution in [3.63, 3.8) is 0 Å². The third-order valence-corrected chi connectivity index (χ3v) is 15.9. The van der Waals surface area contributed by atoms with E-state index in [2.05, 4.69) is 62.2 Å². The number of thiol groups is 2. The number of fused-ring (bicyclic) bond motifs is 2. The predicted octanol–water partition coefficient (Wildman–Crippen LogP) is 10.4. The van der Waals surface area contributed by atoms with Gasteiger partial charge >= 0.3 is 27.1 Å². The number of alkyl halides is 6. The van der Waals surface area contributed by atoms with Gasteiger partial charge < -0.3 is 9.66 Å². The Kier molecular flexibility index (Phi) is 25.4. The molecule has 20 heteroatoms. The Labute approximate surface area is 349 Å². The average molecular weight is 929 g/mol. The maximum atomic E-state index is 11.0. The largest absolute Gasteiger partial charge is 0.741 e. The van der Waals surface area contributed by atoms with Gasteiger partial charge in [-0.3, -0.25) is 9.35 Å². The van der Waals surface area contributed by atoms with Crippen molar-refractivity contribution < 1.29 is 62.2 Å². The summed E-state index contributed by atoms with van der Waals surface area (Å²) >= 11 is 12.3. The Morgan fingerprint density at radius 2 is 1.20 bits per heavy atom. The van der Waals surface area contributed by atoms with E-state index in [1.54, 1.807) is 25.7 Å². The van der Waals surface area contributed by atoms with Crippen LogP contribution in [0.4, 0.5) is 26.3 Å². The summed E-state index contributed by atoms with van der Waals surface area (Å²) in [7, 11) is -11.9. The highest BCUT2D eigenvalue weighted by Crippen LogP contribution is 2.47. The number of carboxylic acid groups (broad SMARTS) is 1. The number of hydrogen-bond donors (Lipinski definition) is 4. The minimum absolute atomic E-state index is 0.0380. The summed E-state index contributed by atoms with van der Waals surface area (Å²) < 4.78 is 118. The van der Waals surface area contributed by atoms with Crippen molar-refractivity contribution in [2.24, 2.45) is 47.3 Å². The summed E-state index contributed by atoms with van der Waals surface area (Å²) in [6, 6.07) is 0. The zero-order chi connectivity index (χ0) is 42.7. The monoisotopic (exact) mass is 928 g/mol. The van der Waals surface area contributed by atoms with Crippen LogP contribution in [0.1, 0.15) is 129 Å². The highest BCUT2D eigenvalue weighted by molar-refractivity contribution is 8.23. The van der Waals surface area contributed by atoms with Gasteiger partial charge in [-0.1, -0.05) is 64.1 Å². The van der Waals surface area contributed by atoms with Gasteiger partial charge in [0.15, 0.2) is 27.2 Å². The van der Waals surface area contributed by atoms with Crippen molar-refractivity contribution in [3.05, 3.63) is 0 Å².